The molecule has 2 fully saturated rings. The van der Waals surface area contributed by atoms with E-state index in [4.69, 9.17) is 4.74 Å². The van der Waals surface area contributed by atoms with Gasteiger partial charge in [-0.25, -0.2) is 12.7 Å². The molecule has 2 saturated heterocycles. The molecule has 0 unspecified atom stereocenters. The summed E-state index contributed by atoms with van der Waals surface area (Å²) < 4.78 is 30.6. The van der Waals surface area contributed by atoms with E-state index < -0.39 is 10.0 Å². The molecular formula is C19H29N3O4S. The monoisotopic (exact) mass is 395 g/mol. The fourth-order valence-electron chi connectivity index (χ4n) is 3.80. The van der Waals surface area contributed by atoms with Crippen LogP contribution in [-0.2, 0) is 14.8 Å². The Bertz CT molecular complexity index is 735. The lowest BCUT2D eigenvalue weighted by molar-refractivity contribution is -0.137. The number of hydrogen-bond donors (Lipinski definition) is 0. The molecule has 0 aliphatic carbocycles. The summed E-state index contributed by atoms with van der Waals surface area (Å²) in [6.07, 6.45) is 1.24. The fourth-order valence-corrected chi connectivity index (χ4v) is 4.93. The number of rotatable bonds is 5. The highest BCUT2D eigenvalue weighted by atomic mass is 32.2. The molecule has 2 aliphatic rings. The first-order valence-corrected chi connectivity index (χ1v) is 11.2. The van der Waals surface area contributed by atoms with Gasteiger partial charge < -0.3 is 14.5 Å². The van der Waals surface area contributed by atoms with Gasteiger partial charge in [-0.15, -0.1) is 0 Å². The quantitative estimate of drug-likeness (QED) is 0.754. The third-order valence-corrected chi connectivity index (χ3v) is 7.47. The van der Waals surface area contributed by atoms with Crippen LogP contribution in [0.5, 0.6) is 5.75 Å². The normalized spacial score (nSPS) is 19.9. The van der Waals surface area contributed by atoms with Crippen LogP contribution in [0.25, 0.3) is 0 Å². The standard InChI is InChI=1S/C19H29N3O4S/c1-3-27(24,25)22-10-8-16(9-11-22)19(23)21-14-12-20(13-15-21)17-4-6-18(26-2)7-5-17/h4-7,16H,3,8-15H2,1-2H3. The third-order valence-electron chi connectivity index (χ3n) is 5.59. The van der Waals surface area contributed by atoms with E-state index in [1.807, 2.05) is 29.2 Å². The van der Waals surface area contributed by atoms with Crippen molar-refractivity contribution in [2.45, 2.75) is 19.8 Å². The van der Waals surface area contributed by atoms with Gasteiger partial charge in [-0.1, -0.05) is 0 Å². The summed E-state index contributed by atoms with van der Waals surface area (Å²) in [5, 5.41) is 0. The maximum Gasteiger partial charge on any atom is 0.225 e. The molecule has 0 bridgehead atoms. The highest BCUT2D eigenvalue weighted by molar-refractivity contribution is 7.89. The summed E-state index contributed by atoms with van der Waals surface area (Å²) in [5.74, 6) is 1.08. The van der Waals surface area contributed by atoms with Gasteiger partial charge in [0, 0.05) is 50.9 Å². The van der Waals surface area contributed by atoms with Crippen LogP contribution in [0.15, 0.2) is 24.3 Å². The Labute approximate surface area is 161 Å². The number of carbonyl (C=O) groups excluding carboxylic acids is 1. The van der Waals surface area contributed by atoms with Crippen molar-refractivity contribution < 1.29 is 17.9 Å². The van der Waals surface area contributed by atoms with Crippen LogP contribution in [0.4, 0.5) is 5.69 Å². The van der Waals surface area contributed by atoms with Crippen molar-refractivity contribution in [2.75, 3.05) is 57.0 Å². The van der Waals surface area contributed by atoms with Gasteiger partial charge in [0.25, 0.3) is 0 Å². The lowest BCUT2D eigenvalue weighted by Crippen LogP contribution is -2.52. The van der Waals surface area contributed by atoms with Crippen LogP contribution in [0, 0.1) is 5.92 Å². The average Bonchev–Trinajstić information content (AvgIpc) is 2.73. The lowest BCUT2D eigenvalue weighted by atomic mass is 9.96. The molecule has 2 heterocycles. The first kappa shape index (κ1) is 19.9. The number of methoxy groups -OCH3 is 1. The van der Waals surface area contributed by atoms with E-state index in [0.717, 1.165) is 24.5 Å². The molecule has 0 N–H and O–H groups in total. The van der Waals surface area contributed by atoms with Gasteiger partial charge in [-0.05, 0) is 44.0 Å². The minimum absolute atomic E-state index is 0.0548. The second-order valence-electron chi connectivity index (χ2n) is 7.08. The number of piperazine rings is 1. The zero-order valence-electron chi connectivity index (χ0n) is 16.1. The second kappa shape index (κ2) is 8.48. The molecule has 0 saturated carbocycles. The molecule has 1 aromatic rings. The predicted molar refractivity (Wildman–Crippen MR) is 106 cm³/mol. The number of ether oxygens (including phenoxy) is 1. The lowest BCUT2D eigenvalue weighted by Gasteiger charge is -2.39. The van der Waals surface area contributed by atoms with Gasteiger partial charge >= 0.3 is 0 Å². The molecular weight excluding hydrogens is 366 g/mol. The van der Waals surface area contributed by atoms with E-state index in [9.17, 15) is 13.2 Å². The van der Waals surface area contributed by atoms with Crippen LogP contribution >= 0.6 is 0 Å². The molecule has 1 aromatic carbocycles. The maximum absolute atomic E-state index is 12.8. The Morgan fingerprint density at radius 1 is 1.04 bits per heavy atom. The smallest absolute Gasteiger partial charge is 0.225 e. The third kappa shape index (κ3) is 4.55. The Kier molecular flexibility index (Phi) is 6.26. The fraction of sp³-hybridized carbons (Fsp3) is 0.632. The van der Waals surface area contributed by atoms with Crippen molar-refractivity contribution in [2.24, 2.45) is 5.92 Å². The summed E-state index contributed by atoms with van der Waals surface area (Å²) in [7, 11) is -1.49. The van der Waals surface area contributed by atoms with E-state index in [2.05, 4.69) is 4.90 Å². The molecule has 150 valence electrons. The summed E-state index contributed by atoms with van der Waals surface area (Å²) in [4.78, 5) is 17.0. The summed E-state index contributed by atoms with van der Waals surface area (Å²) in [5.41, 5.74) is 1.14. The van der Waals surface area contributed by atoms with E-state index >= 15 is 0 Å². The average molecular weight is 396 g/mol. The number of benzene rings is 1. The summed E-state index contributed by atoms with van der Waals surface area (Å²) in [6, 6.07) is 7.98. The number of sulfonamides is 1. The van der Waals surface area contributed by atoms with Gasteiger partial charge in [0.15, 0.2) is 0 Å². The highest BCUT2D eigenvalue weighted by Crippen LogP contribution is 2.24. The van der Waals surface area contributed by atoms with Gasteiger partial charge in [-0.2, -0.15) is 0 Å². The molecule has 7 nitrogen and oxygen atoms in total. The number of amides is 1. The number of piperidine rings is 1. The van der Waals surface area contributed by atoms with Crippen LogP contribution in [0.3, 0.4) is 0 Å². The van der Waals surface area contributed by atoms with Crippen molar-refractivity contribution in [3.05, 3.63) is 24.3 Å². The van der Waals surface area contributed by atoms with E-state index in [1.54, 1.807) is 14.0 Å². The molecule has 0 aromatic heterocycles. The zero-order valence-corrected chi connectivity index (χ0v) is 17.0. The molecule has 1 amide bonds. The Balaban J connectivity index is 1.50. The highest BCUT2D eigenvalue weighted by Gasteiger charge is 2.33. The van der Waals surface area contributed by atoms with E-state index in [-0.39, 0.29) is 17.6 Å². The molecule has 2 aliphatic heterocycles. The Morgan fingerprint density at radius 2 is 1.63 bits per heavy atom. The molecule has 3 rings (SSSR count). The van der Waals surface area contributed by atoms with Gasteiger partial charge in [0.2, 0.25) is 15.9 Å². The number of nitrogens with zero attached hydrogens (tertiary/aromatic N) is 3. The topological polar surface area (TPSA) is 70.2 Å². The van der Waals surface area contributed by atoms with E-state index in [0.29, 0.717) is 39.0 Å². The molecule has 8 heteroatoms. The van der Waals surface area contributed by atoms with Crippen LogP contribution in [0.2, 0.25) is 0 Å². The molecule has 0 radical (unpaired) electrons. The van der Waals surface area contributed by atoms with Crippen molar-refractivity contribution in [3.8, 4) is 5.75 Å². The van der Waals surface area contributed by atoms with E-state index in [1.165, 1.54) is 4.31 Å². The first-order valence-electron chi connectivity index (χ1n) is 9.60. The minimum atomic E-state index is -3.15. The first-order chi connectivity index (χ1) is 12.9. The number of anilines is 1. The largest absolute Gasteiger partial charge is 0.497 e. The van der Waals surface area contributed by atoms with Crippen molar-refractivity contribution in [1.82, 2.24) is 9.21 Å². The summed E-state index contributed by atoms with van der Waals surface area (Å²) in [6.45, 7) is 5.60. The molecule has 0 spiro atoms. The minimum Gasteiger partial charge on any atom is -0.497 e. The number of hydrogen-bond acceptors (Lipinski definition) is 5. The van der Waals surface area contributed by atoms with Crippen LogP contribution in [-0.4, -0.2) is 75.7 Å². The van der Waals surface area contributed by atoms with Crippen LogP contribution < -0.4 is 9.64 Å². The molecule has 27 heavy (non-hydrogen) atoms. The van der Waals surface area contributed by atoms with Crippen molar-refractivity contribution in [1.29, 1.82) is 0 Å². The zero-order chi connectivity index (χ0) is 19.4. The Morgan fingerprint density at radius 3 is 2.15 bits per heavy atom. The van der Waals surface area contributed by atoms with Gasteiger partial charge in [0.05, 0.1) is 12.9 Å². The SMILES string of the molecule is CCS(=O)(=O)N1CCC(C(=O)N2CCN(c3ccc(OC)cc3)CC2)CC1. The van der Waals surface area contributed by atoms with Crippen LogP contribution in [0.1, 0.15) is 19.8 Å². The molecule has 0 atom stereocenters. The number of carbonyl (C=O) groups is 1. The Hall–Kier alpha value is -1.80. The predicted octanol–water partition coefficient (Wildman–Crippen LogP) is 1.41. The summed E-state index contributed by atoms with van der Waals surface area (Å²) >= 11 is 0. The second-order valence-corrected chi connectivity index (χ2v) is 9.34. The maximum atomic E-state index is 12.8. The van der Waals surface area contributed by atoms with Crippen molar-refractivity contribution >= 4 is 21.6 Å². The van der Waals surface area contributed by atoms with Gasteiger partial charge in [-0.3, -0.25) is 4.79 Å². The van der Waals surface area contributed by atoms with Gasteiger partial charge in [0.1, 0.15) is 5.75 Å². The van der Waals surface area contributed by atoms with Crippen molar-refractivity contribution in [3.63, 3.8) is 0 Å².